The first kappa shape index (κ1) is 31.2. The maximum Gasteiger partial charge on any atom is 0.231 e. The number of carbonyl (C=O) groups excluding carboxylic acids is 3. The van der Waals surface area contributed by atoms with Gasteiger partial charge in [-0.1, -0.05) is 46.9 Å². The summed E-state index contributed by atoms with van der Waals surface area (Å²) in [5.74, 6) is -4.73. The number of alkyl halides is 2. The second-order valence-electron chi connectivity index (χ2n) is 10.2. The third-order valence-corrected chi connectivity index (χ3v) is 9.44. The van der Waals surface area contributed by atoms with Crippen LogP contribution in [0.25, 0.3) is 0 Å². The summed E-state index contributed by atoms with van der Waals surface area (Å²) in [6.45, 7) is 0.424. The number of benzene rings is 3. The molecule has 2 fully saturated rings. The number of rotatable bonds is 9. The van der Waals surface area contributed by atoms with Crippen LogP contribution >= 0.6 is 58.0 Å². The minimum absolute atomic E-state index is 0.00927. The highest BCUT2D eigenvalue weighted by Gasteiger charge is 2.67. The number of hydrogen-bond donors (Lipinski definition) is 1. The van der Waals surface area contributed by atoms with E-state index in [1.54, 1.807) is 18.2 Å². The molecule has 1 unspecified atom stereocenters. The van der Waals surface area contributed by atoms with Gasteiger partial charge in [-0.05, 0) is 60.4 Å². The maximum absolute atomic E-state index is 15.3. The topological polar surface area (TPSA) is 72.5 Å². The zero-order valence-corrected chi connectivity index (χ0v) is 25.4. The normalized spacial score (nSPS) is 20.8. The van der Waals surface area contributed by atoms with Gasteiger partial charge in [0.25, 0.3) is 0 Å². The molecule has 12 heteroatoms. The summed E-state index contributed by atoms with van der Waals surface area (Å²) in [6, 6.07) is 11.3. The Morgan fingerprint density at radius 3 is 2.36 bits per heavy atom. The van der Waals surface area contributed by atoms with E-state index >= 15 is 4.39 Å². The van der Waals surface area contributed by atoms with Crippen LogP contribution in [0.3, 0.4) is 0 Å². The van der Waals surface area contributed by atoms with Gasteiger partial charge in [0.2, 0.25) is 5.91 Å². The van der Waals surface area contributed by atoms with E-state index in [1.807, 2.05) is 0 Å². The van der Waals surface area contributed by atoms with Crippen molar-refractivity contribution in [1.82, 2.24) is 0 Å². The molecule has 0 aromatic heterocycles. The number of amides is 1. The molecule has 5 rings (SSSR count). The molecule has 3 aromatic rings. The number of Topliss-reactive ketones (excluding diaryl/α,β-unsaturated/α-hetero) is 2. The highest BCUT2D eigenvalue weighted by Crippen LogP contribution is 2.65. The zero-order valence-electron chi connectivity index (χ0n) is 21.7. The molecule has 1 aliphatic carbocycles. The third-order valence-electron chi connectivity index (χ3n) is 7.43. The van der Waals surface area contributed by atoms with Crippen LogP contribution in [-0.4, -0.2) is 34.5 Å². The average molecular weight is 676 g/mol. The van der Waals surface area contributed by atoms with Crippen molar-refractivity contribution < 1.29 is 27.9 Å². The monoisotopic (exact) mass is 673 g/mol. The van der Waals surface area contributed by atoms with Crippen molar-refractivity contribution in [2.24, 2.45) is 5.92 Å². The highest BCUT2D eigenvalue weighted by molar-refractivity contribution is 6.53. The quantitative estimate of drug-likeness (QED) is 0.184. The lowest BCUT2D eigenvalue weighted by Gasteiger charge is -2.13. The zero-order chi connectivity index (χ0) is 30.3. The largest absolute Gasteiger partial charge is 0.370 e. The highest BCUT2D eigenvalue weighted by atomic mass is 35.5. The van der Waals surface area contributed by atoms with E-state index in [2.05, 4.69) is 5.32 Å². The van der Waals surface area contributed by atoms with Crippen LogP contribution in [0.4, 0.5) is 14.5 Å². The van der Waals surface area contributed by atoms with Crippen LogP contribution in [0.15, 0.2) is 48.5 Å². The standard InChI is InChI=1S/C30H22Cl5F2NO4/c31-19-7-5-16(38-29(41)27-26(30(27,34)35)14-3-6-20(32)21(33)10-14)12-17(19)23(39)11-15-4-8-22(36)18(28(15)37)13-24(40)25-2-1-9-42-25/h3-8,10,12,25-27H,1-2,9,11,13H2,(H,38,41)/t25?,26-,27+/m0/s1. The second-order valence-corrected chi connectivity index (χ2v) is 12.9. The Morgan fingerprint density at radius 1 is 0.929 bits per heavy atom. The molecule has 0 bridgehead atoms. The van der Waals surface area contributed by atoms with Gasteiger partial charge >= 0.3 is 0 Å². The molecule has 1 saturated carbocycles. The van der Waals surface area contributed by atoms with E-state index in [-0.39, 0.29) is 21.8 Å². The van der Waals surface area contributed by atoms with Crippen molar-refractivity contribution in [1.29, 1.82) is 0 Å². The lowest BCUT2D eigenvalue weighted by Crippen LogP contribution is -2.23. The number of ether oxygens (including phenoxy) is 1. The first-order valence-corrected chi connectivity index (χ1v) is 14.8. The average Bonchev–Trinajstić information content (AvgIpc) is 3.25. The molecule has 3 atom stereocenters. The minimum atomic E-state index is -1.39. The number of ketones is 2. The first-order chi connectivity index (χ1) is 19.9. The molecule has 42 heavy (non-hydrogen) atoms. The van der Waals surface area contributed by atoms with Gasteiger partial charge in [-0.15, -0.1) is 23.2 Å². The fraction of sp³-hybridized carbons (Fsp3) is 0.300. The lowest BCUT2D eigenvalue weighted by atomic mass is 9.96. The van der Waals surface area contributed by atoms with E-state index in [0.717, 1.165) is 12.1 Å². The van der Waals surface area contributed by atoms with Crippen LogP contribution in [0.1, 0.15) is 45.8 Å². The fourth-order valence-electron chi connectivity index (χ4n) is 5.14. The summed E-state index contributed by atoms with van der Waals surface area (Å²) in [7, 11) is 0. The van der Waals surface area contributed by atoms with Gasteiger partial charge in [-0.25, -0.2) is 8.78 Å². The number of carbonyl (C=O) groups is 3. The summed E-state index contributed by atoms with van der Waals surface area (Å²) in [4.78, 5) is 38.8. The van der Waals surface area contributed by atoms with Crippen LogP contribution in [0.2, 0.25) is 15.1 Å². The SMILES string of the molecule is O=C(Cc1ccc(F)c(CC(=O)C2CCCO2)c1F)c1cc(NC(=O)[C@H]2[C@H](c3ccc(Cl)c(Cl)c3)C2(Cl)Cl)ccc1Cl. The number of halogens is 7. The van der Waals surface area contributed by atoms with Crippen LogP contribution in [0, 0.1) is 17.6 Å². The predicted molar refractivity (Wildman–Crippen MR) is 159 cm³/mol. The number of nitrogens with one attached hydrogen (secondary N) is 1. The Labute approximate surface area is 265 Å². The van der Waals surface area contributed by atoms with E-state index in [0.29, 0.717) is 35.1 Å². The molecule has 0 spiro atoms. The smallest absolute Gasteiger partial charge is 0.231 e. The van der Waals surface area contributed by atoms with E-state index in [9.17, 15) is 18.8 Å². The Morgan fingerprint density at radius 2 is 1.67 bits per heavy atom. The molecule has 2 aliphatic rings. The van der Waals surface area contributed by atoms with Gasteiger partial charge in [0, 0.05) is 42.2 Å². The van der Waals surface area contributed by atoms with Gasteiger partial charge in [0.15, 0.2) is 11.6 Å². The molecular weight excluding hydrogens is 654 g/mol. The lowest BCUT2D eigenvalue weighted by molar-refractivity contribution is -0.127. The van der Waals surface area contributed by atoms with Crippen molar-refractivity contribution in [2.75, 3.05) is 11.9 Å². The van der Waals surface area contributed by atoms with Gasteiger partial charge in [0.05, 0.1) is 21.0 Å². The fourth-order valence-corrected chi connectivity index (χ4v) is 6.50. The molecule has 1 amide bonds. The molecule has 1 aliphatic heterocycles. The first-order valence-electron chi connectivity index (χ1n) is 12.9. The van der Waals surface area contributed by atoms with Gasteiger partial charge in [-0.3, -0.25) is 14.4 Å². The summed E-state index contributed by atoms with van der Waals surface area (Å²) >= 11 is 31.2. The molecule has 5 nitrogen and oxygen atoms in total. The molecule has 220 valence electrons. The Balaban J connectivity index is 1.30. The number of hydrogen-bond acceptors (Lipinski definition) is 4. The van der Waals surface area contributed by atoms with Crippen molar-refractivity contribution in [3.63, 3.8) is 0 Å². The van der Waals surface area contributed by atoms with Crippen LogP contribution in [-0.2, 0) is 27.2 Å². The summed E-state index contributed by atoms with van der Waals surface area (Å²) in [5, 5.41) is 3.41. The van der Waals surface area contributed by atoms with Gasteiger partial charge < -0.3 is 10.1 Å². The second kappa shape index (κ2) is 12.4. The summed E-state index contributed by atoms with van der Waals surface area (Å²) in [6.07, 6.45) is -0.436. The van der Waals surface area contributed by atoms with E-state index in [4.69, 9.17) is 62.7 Å². The third kappa shape index (κ3) is 6.33. The van der Waals surface area contributed by atoms with Gasteiger partial charge in [0.1, 0.15) is 22.1 Å². The summed E-state index contributed by atoms with van der Waals surface area (Å²) < 4.78 is 33.7. The molecule has 0 radical (unpaired) electrons. The van der Waals surface area contributed by atoms with E-state index < -0.39 is 69.8 Å². The van der Waals surface area contributed by atoms with Crippen LogP contribution in [0.5, 0.6) is 0 Å². The Bertz CT molecular complexity index is 1590. The van der Waals surface area contributed by atoms with Crippen molar-refractivity contribution in [3.05, 3.63) is 97.5 Å². The number of anilines is 1. The molecule has 3 aromatic carbocycles. The van der Waals surface area contributed by atoms with E-state index in [1.165, 1.54) is 18.2 Å². The predicted octanol–water partition coefficient (Wildman–Crippen LogP) is 8.17. The molecule has 1 saturated heterocycles. The Hall–Kier alpha value is -2.26. The van der Waals surface area contributed by atoms with Crippen LogP contribution < -0.4 is 5.32 Å². The maximum atomic E-state index is 15.3. The van der Waals surface area contributed by atoms with Crippen molar-refractivity contribution >= 4 is 81.2 Å². The minimum Gasteiger partial charge on any atom is -0.370 e. The van der Waals surface area contributed by atoms with Crippen molar-refractivity contribution in [3.8, 4) is 0 Å². The van der Waals surface area contributed by atoms with Crippen molar-refractivity contribution in [2.45, 2.75) is 42.0 Å². The Kier molecular flexibility index (Phi) is 9.19. The molecule has 1 N–H and O–H groups in total. The summed E-state index contributed by atoms with van der Waals surface area (Å²) in [5.41, 5.74) is 0.367. The molecular formula is C30H22Cl5F2NO4. The molecule has 1 heterocycles. The van der Waals surface area contributed by atoms with Gasteiger partial charge in [-0.2, -0.15) is 0 Å².